The molecule has 138 valence electrons. The van der Waals surface area contributed by atoms with Crippen molar-refractivity contribution in [1.29, 1.82) is 0 Å². The minimum absolute atomic E-state index is 0.414. The fourth-order valence-corrected chi connectivity index (χ4v) is 1.49. The van der Waals surface area contributed by atoms with Crippen LogP contribution in [-0.4, -0.2) is 12.7 Å². The fraction of sp³-hybridized carbons (Fsp3) is 0.400. The first-order chi connectivity index (χ1) is 10.4. The first kappa shape index (κ1) is 20.0. The van der Waals surface area contributed by atoms with E-state index in [1.54, 1.807) is 0 Å². The second-order valence-electron chi connectivity index (χ2n) is 3.91. The molecule has 1 aromatic rings. The van der Waals surface area contributed by atoms with Gasteiger partial charge in [-0.25, -0.2) is 0 Å². The van der Waals surface area contributed by atoms with Crippen molar-refractivity contribution in [2.45, 2.75) is 25.1 Å². The lowest BCUT2D eigenvalue weighted by Crippen LogP contribution is -2.25. The van der Waals surface area contributed by atoms with Crippen LogP contribution in [0.3, 0.4) is 0 Å². The number of alkyl halides is 12. The van der Waals surface area contributed by atoms with Gasteiger partial charge in [0.15, 0.2) is 5.75 Å². The summed E-state index contributed by atoms with van der Waals surface area (Å²) >= 11 is 0. The van der Waals surface area contributed by atoms with Crippen LogP contribution in [0.5, 0.6) is 11.5 Å². The van der Waals surface area contributed by atoms with Crippen molar-refractivity contribution in [3.63, 3.8) is 0 Å². The maximum absolute atomic E-state index is 12.8. The standard InChI is InChI=1S/C10H2F12O2/c11-7(12,13)3-1-2-4(23-9(17,18)19)5(8(14,15)16)6(3)24-10(20,21)22/h1-2H. The summed E-state index contributed by atoms with van der Waals surface area (Å²) in [7, 11) is 0. The van der Waals surface area contributed by atoms with Crippen LogP contribution in [0.4, 0.5) is 52.7 Å². The Hall–Kier alpha value is -2.02. The molecule has 0 aliphatic rings. The molecule has 1 rings (SSSR count). The Morgan fingerprint density at radius 2 is 1.04 bits per heavy atom. The van der Waals surface area contributed by atoms with E-state index in [4.69, 9.17) is 0 Å². The Kier molecular flexibility index (Phi) is 4.84. The highest BCUT2D eigenvalue weighted by atomic mass is 19.4. The van der Waals surface area contributed by atoms with Gasteiger partial charge in [-0.3, -0.25) is 0 Å². The molecular formula is C10H2F12O2. The molecule has 0 aromatic heterocycles. The zero-order valence-corrected chi connectivity index (χ0v) is 10.5. The topological polar surface area (TPSA) is 18.5 Å². The molecule has 0 saturated heterocycles. The normalized spacial score (nSPS) is 13.8. The summed E-state index contributed by atoms with van der Waals surface area (Å²) in [5, 5.41) is 0. The lowest BCUT2D eigenvalue weighted by Gasteiger charge is -2.22. The summed E-state index contributed by atoms with van der Waals surface area (Å²) in [6.45, 7) is 0. The maximum atomic E-state index is 12.8. The maximum Gasteiger partial charge on any atom is 0.573 e. The molecule has 0 amide bonds. The Bertz CT molecular complexity index is 592. The highest BCUT2D eigenvalue weighted by molar-refractivity contribution is 5.53. The van der Waals surface area contributed by atoms with Crippen LogP contribution in [0.2, 0.25) is 0 Å². The van der Waals surface area contributed by atoms with Crippen molar-refractivity contribution < 1.29 is 62.2 Å². The molecule has 0 fully saturated rings. The lowest BCUT2D eigenvalue weighted by atomic mass is 10.1. The molecule has 0 saturated carbocycles. The van der Waals surface area contributed by atoms with E-state index >= 15 is 0 Å². The van der Waals surface area contributed by atoms with E-state index in [-0.39, 0.29) is 0 Å². The molecule has 0 unspecified atom stereocenters. The highest BCUT2D eigenvalue weighted by Crippen LogP contribution is 2.50. The molecule has 0 heterocycles. The van der Waals surface area contributed by atoms with Crippen molar-refractivity contribution in [2.75, 3.05) is 0 Å². The van der Waals surface area contributed by atoms with Crippen LogP contribution in [0.25, 0.3) is 0 Å². The molecule has 0 radical (unpaired) electrons. The van der Waals surface area contributed by atoms with Gasteiger partial charge in [-0.1, -0.05) is 0 Å². The third kappa shape index (κ3) is 5.26. The first-order valence-electron chi connectivity index (χ1n) is 5.24. The van der Waals surface area contributed by atoms with Crippen LogP contribution in [0, 0.1) is 0 Å². The molecule has 2 nitrogen and oxygen atoms in total. The van der Waals surface area contributed by atoms with E-state index in [1.807, 2.05) is 0 Å². The number of rotatable bonds is 2. The molecular weight excluding hydrogens is 380 g/mol. The zero-order chi connectivity index (χ0) is 19.1. The summed E-state index contributed by atoms with van der Waals surface area (Å²) in [6, 6.07) is -0.875. The van der Waals surface area contributed by atoms with Gasteiger partial charge in [-0.2, -0.15) is 26.3 Å². The average molecular weight is 382 g/mol. The van der Waals surface area contributed by atoms with Crippen molar-refractivity contribution in [2.24, 2.45) is 0 Å². The van der Waals surface area contributed by atoms with Gasteiger partial charge in [0.2, 0.25) is 0 Å². The number of ether oxygens (including phenoxy) is 2. The summed E-state index contributed by atoms with van der Waals surface area (Å²) < 4.78 is 154. The van der Waals surface area contributed by atoms with E-state index in [0.29, 0.717) is 0 Å². The number of benzene rings is 1. The minimum atomic E-state index is -6.08. The number of halogens is 12. The van der Waals surface area contributed by atoms with Gasteiger partial charge in [0.25, 0.3) is 0 Å². The molecule has 24 heavy (non-hydrogen) atoms. The number of hydrogen-bond donors (Lipinski definition) is 0. The van der Waals surface area contributed by atoms with Gasteiger partial charge in [-0.05, 0) is 12.1 Å². The smallest absolute Gasteiger partial charge is 0.405 e. The summed E-state index contributed by atoms with van der Waals surface area (Å²) in [5.41, 5.74) is -5.59. The second-order valence-corrected chi connectivity index (χ2v) is 3.91. The van der Waals surface area contributed by atoms with Gasteiger partial charge < -0.3 is 9.47 Å². The van der Waals surface area contributed by atoms with Crippen molar-refractivity contribution in [3.05, 3.63) is 23.3 Å². The third-order valence-electron chi connectivity index (χ3n) is 2.15. The minimum Gasteiger partial charge on any atom is -0.405 e. The van der Waals surface area contributed by atoms with Crippen LogP contribution < -0.4 is 9.47 Å². The third-order valence-corrected chi connectivity index (χ3v) is 2.15. The van der Waals surface area contributed by atoms with Crippen molar-refractivity contribution >= 4 is 0 Å². The van der Waals surface area contributed by atoms with Crippen LogP contribution in [-0.2, 0) is 12.4 Å². The van der Waals surface area contributed by atoms with Crippen molar-refractivity contribution in [1.82, 2.24) is 0 Å². The Morgan fingerprint density at radius 3 is 1.38 bits per heavy atom. The molecule has 0 aliphatic heterocycles. The van der Waals surface area contributed by atoms with Crippen LogP contribution in [0.1, 0.15) is 11.1 Å². The van der Waals surface area contributed by atoms with Crippen molar-refractivity contribution in [3.8, 4) is 11.5 Å². The summed E-state index contributed by atoms with van der Waals surface area (Å²) in [5.74, 6) is -5.23. The highest BCUT2D eigenvalue weighted by Gasteiger charge is 2.49. The molecule has 0 aliphatic carbocycles. The second kappa shape index (κ2) is 5.81. The Morgan fingerprint density at radius 1 is 0.583 bits per heavy atom. The van der Waals surface area contributed by atoms with Gasteiger partial charge in [0.1, 0.15) is 11.3 Å². The molecule has 14 heteroatoms. The SMILES string of the molecule is FC(F)(F)Oc1ccc(C(F)(F)F)c(OC(F)(F)F)c1C(F)(F)F. The first-order valence-corrected chi connectivity index (χ1v) is 5.24. The van der Waals surface area contributed by atoms with E-state index in [0.717, 1.165) is 0 Å². The van der Waals surface area contributed by atoms with Gasteiger partial charge in [-0.15, -0.1) is 26.3 Å². The quantitative estimate of drug-likeness (QED) is 0.627. The Labute approximate surface area is 123 Å². The molecule has 0 bridgehead atoms. The van der Waals surface area contributed by atoms with Gasteiger partial charge in [0, 0.05) is 0 Å². The molecule has 1 aromatic carbocycles. The zero-order valence-electron chi connectivity index (χ0n) is 10.5. The van der Waals surface area contributed by atoms with Gasteiger partial charge >= 0.3 is 25.1 Å². The monoisotopic (exact) mass is 382 g/mol. The lowest BCUT2D eigenvalue weighted by molar-refractivity contribution is -0.280. The predicted molar refractivity (Wildman–Crippen MR) is 49.8 cm³/mol. The van der Waals surface area contributed by atoms with Crippen LogP contribution in [0.15, 0.2) is 12.1 Å². The largest absolute Gasteiger partial charge is 0.573 e. The summed E-state index contributed by atoms with van der Waals surface area (Å²) in [6.07, 6.45) is -23.7. The summed E-state index contributed by atoms with van der Waals surface area (Å²) in [4.78, 5) is 0. The van der Waals surface area contributed by atoms with Crippen LogP contribution >= 0.6 is 0 Å². The average Bonchev–Trinajstić information content (AvgIpc) is 2.20. The van der Waals surface area contributed by atoms with E-state index < -0.39 is 59.8 Å². The number of hydrogen-bond acceptors (Lipinski definition) is 2. The van der Waals surface area contributed by atoms with Gasteiger partial charge in [0.05, 0.1) is 5.56 Å². The predicted octanol–water partition coefficient (Wildman–Crippen LogP) is 5.52. The fourth-order valence-electron chi connectivity index (χ4n) is 1.49. The van der Waals surface area contributed by atoms with E-state index in [2.05, 4.69) is 9.47 Å². The molecule has 0 spiro atoms. The molecule has 0 N–H and O–H groups in total. The van der Waals surface area contributed by atoms with E-state index in [9.17, 15) is 52.7 Å². The van der Waals surface area contributed by atoms with E-state index in [1.165, 1.54) is 0 Å². The molecule has 0 atom stereocenters. The Balaban J connectivity index is 3.76.